The first-order chi connectivity index (χ1) is 13.9. The van der Waals surface area contributed by atoms with Crippen LogP contribution in [-0.4, -0.2) is 41.9 Å². The van der Waals surface area contributed by atoms with Crippen LogP contribution in [0.1, 0.15) is 60.8 Å². The molecular weight excluding hydrogens is 432 g/mol. The maximum absolute atomic E-state index is 12.9. The molecule has 1 fully saturated rings. The van der Waals surface area contributed by atoms with Crippen molar-refractivity contribution in [1.82, 2.24) is 14.5 Å². The molecule has 0 spiro atoms. The Morgan fingerprint density at radius 2 is 1.97 bits per heavy atom. The zero-order valence-electron chi connectivity index (χ0n) is 16.4. The van der Waals surface area contributed by atoms with Crippen molar-refractivity contribution in [3.05, 3.63) is 33.8 Å². The summed E-state index contributed by atoms with van der Waals surface area (Å²) in [6, 6.07) is 4.23. The summed E-state index contributed by atoms with van der Waals surface area (Å²) in [4.78, 5) is 12.8. The van der Waals surface area contributed by atoms with E-state index >= 15 is 0 Å². The predicted molar refractivity (Wildman–Crippen MR) is 115 cm³/mol. The van der Waals surface area contributed by atoms with Crippen LogP contribution < -0.4 is 5.32 Å². The number of hydrogen-bond acceptors (Lipinski definition) is 6. The van der Waals surface area contributed by atoms with E-state index in [1.807, 2.05) is 0 Å². The second-order valence-electron chi connectivity index (χ2n) is 7.02. The van der Waals surface area contributed by atoms with Gasteiger partial charge in [-0.25, -0.2) is 8.42 Å². The Labute approximate surface area is 180 Å². The van der Waals surface area contributed by atoms with E-state index < -0.39 is 15.9 Å². The number of halogens is 1. The van der Waals surface area contributed by atoms with Crippen LogP contribution in [0.3, 0.4) is 0 Å². The van der Waals surface area contributed by atoms with Gasteiger partial charge in [-0.1, -0.05) is 49.1 Å². The lowest BCUT2D eigenvalue weighted by Crippen LogP contribution is -2.35. The van der Waals surface area contributed by atoms with Gasteiger partial charge in [-0.15, -0.1) is 10.2 Å². The largest absolute Gasteiger partial charge is 0.296 e. The molecule has 10 heteroatoms. The molecule has 0 saturated carbocycles. The van der Waals surface area contributed by atoms with Gasteiger partial charge in [-0.2, -0.15) is 4.31 Å². The highest BCUT2D eigenvalue weighted by atomic mass is 35.5. The van der Waals surface area contributed by atoms with Gasteiger partial charge in [0.2, 0.25) is 15.2 Å². The smallest absolute Gasteiger partial charge is 0.259 e. The van der Waals surface area contributed by atoms with Crippen LogP contribution in [0.15, 0.2) is 23.1 Å². The van der Waals surface area contributed by atoms with Crippen LogP contribution in [0.5, 0.6) is 0 Å². The van der Waals surface area contributed by atoms with Gasteiger partial charge in [0.25, 0.3) is 5.91 Å². The number of nitrogens with one attached hydrogen (secondary N) is 1. The average molecular weight is 457 g/mol. The van der Waals surface area contributed by atoms with Crippen molar-refractivity contribution in [2.45, 2.75) is 56.8 Å². The van der Waals surface area contributed by atoms with Crippen molar-refractivity contribution in [3.63, 3.8) is 0 Å². The van der Waals surface area contributed by atoms with Crippen LogP contribution in [0, 0.1) is 0 Å². The summed E-state index contributed by atoms with van der Waals surface area (Å²) in [7, 11) is -3.65. The molecule has 1 amide bonds. The van der Waals surface area contributed by atoms with E-state index in [9.17, 15) is 13.2 Å². The topological polar surface area (TPSA) is 92.3 Å². The Hall–Kier alpha value is -1.55. The zero-order valence-corrected chi connectivity index (χ0v) is 18.7. The Kier molecular flexibility index (Phi) is 7.61. The van der Waals surface area contributed by atoms with Gasteiger partial charge in [0.15, 0.2) is 0 Å². The number of sulfonamides is 1. The Morgan fingerprint density at radius 1 is 1.21 bits per heavy atom. The average Bonchev–Trinajstić information content (AvgIpc) is 3.16. The van der Waals surface area contributed by atoms with E-state index in [0.29, 0.717) is 18.2 Å². The van der Waals surface area contributed by atoms with E-state index in [2.05, 4.69) is 22.4 Å². The number of rotatable bonds is 8. The molecule has 1 aliphatic rings. The monoisotopic (exact) mass is 456 g/mol. The van der Waals surface area contributed by atoms with Crippen LogP contribution >= 0.6 is 22.9 Å². The van der Waals surface area contributed by atoms with Crippen molar-refractivity contribution in [3.8, 4) is 0 Å². The number of amides is 1. The maximum atomic E-state index is 12.9. The highest BCUT2D eigenvalue weighted by molar-refractivity contribution is 7.89. The second-order valence-corrected chi connectivity index (χ2v) is 10.4. The van der Waals surface area contributed by atoms with Crippen molar-refractivity contribution >= 4 is 44.0 Å². The second kappa shape index (κ2) is 9.97. The van der Waals surface area contributed by atoms with E-state index in [1.165, 1.54) is 33.8 Å². The maximum Gasteiger partial charge on any atom is 0.259 e. The van der Waals surface area contributed by atoms with Crippen LogP contribution in [0.25, 0.3) is 0 Å². The normalized spacial score (nSPS) is 15.4. The predicted octanol–water partition coefficient (Wildman–Crippen LogP) is 4.35. The lowest BCUT2D eigenvalue weighted by atomic mass is 10.2. The molecule has 2 heterocycles. The minimum Gasteiger partial charge on any atom is -0.296 e. The summed E-state index contributed by atoms with van der Waals surface area (Å²) in [5.74, 6) is -0.498. The van der Waals surface area contributed by atoms with Gasteiger partial charge in [0, 0.05) is 19.5 Å². The summed E-state index contributed by atoms with van der Waals surface area (Å²) >= 11 is 7.50. The number of anilines is 1. The van der Waals surface area contributed by atoms with E-state index in [-0.39, 0.29) is 15.5 Å². The van der Waals surface area contributed by atoms with E-state index in [4.69, 9.17) is 11.6 Å². The number of hydrogen-bond donors (Lipinski definition) is 1. The van der Waals surface area contributed by atoms with E-state index in [1.54, 1.807) is 0 Å². The molecule has 0 bridgehead atoms. The number of nitrogens with zero attached hydrogens (tertiary/aromatic N) is 3. The molecule has 2 aromatic rings. The summed E-state index contributed by atoms with van der Waals surface area (Å²) < 4.78 is 27.2. The number of piperidine rings is 1. The van der Waals surface area contributed by atoms with Gasteiger partial charge in [0.1, 0.15) is 5.01 Å². The third-order valence-corrected chi connectivity index (χ3v) is 7.94. The van der Waals surface area contributed by atoms with Crippen molar-refractivity contribution in [2.75, 3.05) is 18.4 Å². The molecule has 158 valence electrons. The number of aryl methyl sites for hydroxylation is 1. The standard InChI is InChI=1S/C19H25ClN4O3S2/c1-2-3-5-8-17-22-23-19(28-17)21-18(25)15-13-14(9-10-16(15)20)29(26,27)24-11-6-4-7-12-24/h9-10,13H,2-8,11-12H2,1H3,(H,21,23,25). The van der Waals surface area contributed by atoms with Gasteiger partial charge in [0.05, 0.1) is 15.5 Å². The lowest BCUT2D eigenvalue weighted by Gasteiger charge is -2.26. The van der Waals surface area contributed by atoms with Gasteiger partial charge in [-0.3, -0.25) is 10.1 Å². The first-order valence-corrected chi connectivity index (χ1v) is 12.5. The highest BCUT2D eigenvalue weighted by Crippen LogP contribution is 2.26. The molecule has 0 unspecified atom stereocenters. The lowest BCUT2D eigenvalue weighted by molar-refractivity contribution is 0.102. The number of unbranched alkanes of at least 4 members (excludes halogenated alkanes) is 2. The molecule has 1 aromatic heterocycles. The Morgan fingerprint density at radius 3 is 2.69 bits per heavy atom. The summed E-state index contributed by atoms with van der Waals surface area (Å²) in [5, 5.41) is 12.2. The molecule has 29 heavy (non-hydrogen) atoms. The van der Waals surface area contributed by atoms with Crippen molar-refractivity contribution in [1.29, 1.82) is 0 Å². The van der Waals surface area contributed by atoms with Gasteiger partial charge < -0.3 is 0 Å². The molecule has 1 N–H and O–H groups in total. The van der Waals surface area contributed by atoms with Crippen LogP contribution in [0.4, 0.5) is 5.13 Å². The fourth-order valence-corrected chi connectivity index (χ4v) is 5.71. The molecule has 0 radical (unpaired) electrons. The van der Waals surface area contributed by atoms with Gasteiger partial charge >= 0.3 is 0 Å². The number of carbonyl (C=O) groups excluding carboxylic acids is 1. The molecule has 1 saturated heterocycles. The molecule has 3 rings (SSSR count). The SMILES string of the molecule is CCCCCc1nnc(NC(=O)c2cc(S(=O)(=O)N3CCCCC3)ccc2Cl)s1. The molecule has 0 aliphatic carbocycles. The third-order valence-electron chi connectivity index (χ3n) is 4.82. The van der Waals surface area contributed by atoms with Crippen LogP contribution in [-0.2, 0) is 16.4 Å². The summed E-state index contributed by atoms with van der Waals surface area (Å²) in [6.45, 7) is 3.13. The first kappa shape index (κ1) is 22.1. The highest BCUT2D eigenvalue weighted by Gasteiger charge is 2.27. The number of aromatic nitrogens is 2. The van der Waals surface area contributed by atoms with Crippen molar-refractivity contribution in [2.24, 2.45) is 0 Å². The molecular formula is C19H25ClN4O3S2. The van der Waals surface area contributed by atoms with Crippen LogP contribution in [0.2, 0.25) is 5.02 Å². The zero-order chi connectivity index (χ0) is 20.9. The Balaban J connectivity index is 1.74. The van der Waals surface area contributed by atoms with Gasteiger partial charge in [-0.05, 0) is 37.5 Å². The Bertz CT molecular complexity index is 956. The fourth-order valence-electron chi connectivity index (χ4n) is 3.19. The minimum atomic E-state index is -3.65. The number of carbonyl (C=O) groups is 1. The third kappa shape index (κ3) is 5.53. The molecule has 1 aromatic carbocycles. The quantitative estimate of drug-likeness (QED) is 0.596. The molecule has 7 nitrogen and oxygen atoms in total. The van der Waals surface area contributed by atoms with E-state index in [0.717, 1.165) is 50.0 Å². The minimum absolute atomic E-state index is 0.0754. The summed E-state index contributed by atoms with van der Waals surface area (Å²) in [5.41, 5.74) is 0.104. The summed E-state index contributed by atoms with van der Waals surface area (Å²) in [6.07, 6.45) is 6.82. The molecule has 0 atom stereocenters. The molecule has 1 aliphatic heterocycles. The fraction of sp³-hybridized carbons (Fsp3) is 0.526. The first-order valence-electron chi connectivity index (χ1n) is 9.85. The van der Waals surface area contributed by atoms with Crippen molar-refractivity contribution < 1.29 is 13.2 Å². The number of benzene rings is 1.